The molecule has 1 fully saturated rings. The summed E-state index contributed by atoms with van der Waals surface area (Å²) in [6.45, 7) is 6.52. The molecule has 5 heteroatoms. The highest BCUT2D eigenvalue weighted by atomic mass is 16.4. The van der Waals surface area contributed by atoms with Crippen molar-refractivity contribution in [2.75, 3.05) is 13.1 Å². The molecule has 1 aromatic heterocycles. The zero-order valence-corrected chi connectivity index (χ0v) is 10.9. The number of nitrogens with zero attached hydrogens (tertiary/aromatic N) is 2. The quantitative estimate of drug-likeness (QED) is 0.886. The molecule has 2 heterocycles. The van der Waals surface area contributed by atoms with Crippen molar-refractivity contribution in [2.45, 2.75) is 45.1 Å². The monoisotopic (exact) mass is 252 g/mol. The van der Waals surface area contributed by atoms with Crippen molar-refractivity contribution in [3.8, 4) is 0 Å². The summed E-state index contributed by atoms with van der Waals surface area (Å²) in [5.41, 5.74) is 0. The standard InChI is InChI=1S/C13H20N2O3/c1-9(2)15-5-3-10(4-6-15)13-14-8-11(18-13)7-12(16)17/h8-10H,3-7H2,1-2H3,(H,16,17). The summed E-state index contributed by atoms with van der Waals surface area (Å²) < 4.78 is 5.52. The number of carbonyl (C=O) groups is 1. The van der Waals surface area contributed by atoms with Crippen LogP contribution in [0.3, 0.4) is 0 Å². The molecule has 1 N–H and O–H groups in total. The van der Waals surface area contributed by atoms with Gasteiger partial charge in [0, 0.05) is 12.0 Å². The van der Waals surface area contributed by atoms with Crippen molar-refractivity contribution < 1.29 is 14.3 Å². The second kappa shape index (κ2) is 5.52. The normalized spacial score (nSPS) is 18.4. The first-order valence-electron chi connectivity index (χ1n) is 6.46. The Labute approximate surface area is 107 Å². The van der Waals surface area contributed by atoms with Crippen LogP contribution in [0.2, 0.25) is 0 Å². The fraction of sp³-hybridized carbons (Fsp3) is 0.692. The molecular weight excluding hydrogens is 232 g/mol. The zero-order valence-electron chi connectivity index (χ0n) is 10.9. The Bertz CT molecular complexity index is 406. The van der Waals surface area contributed by atoms with Crippen molar-refractivity contribution in [3.05, 3.63) is 17.8 Å². The molecule has 0 bridgehead atoms. The molecule has 2 rings (SSSR count). The molecule has 100 valence electrons. The van der Waals surface area contributed by atoms with Gasteiger partial charge in [-0.3, -0.25) is 4.79 Å². The highest BCUT2D eigenvalue weighted by molar-refractivity contribution is 5.69. The third-order valence-electron chi connectivity index (χ3n) is 3.51. The van der Waals surface area contributed by atoms with E-state index in [0.717, 1.165) is 25.9 Å². The molecule has 1 aliphatic rings. The van der Waals surface area contributed by atoms with E-state index in [1.54, 1.807) is 0 Å². The third-order valence-corrected chi connectivity index (χ3v) is 3.51. The average molecular weight is 252 g/mol. The Balaban J connectivity index is 1.93. The minimum Gasteiger partial charge on any atom is -0.481 e. The van der Waals surface area contributed by atoms with Crippen LogP contribution in [0.25, 0.3) is 0 Å². The van der Waals surface area contributed by atoms with E-state index in [1.807, 2.05) is 0 Å². The van der Waals surface area contributed by atoms with Gasteiger partial charge in [0.2, 0.25) is 0 Å². The van der Waals surface area contributed by atoms with E-state index >= 15 is 0 Å². The molecule has 0 spiro atoms. The van der Waals surface area contributed by atoms with E-state index in [0.29, 0.717) is 23.6 Å². The molecule has 1 saturated heterocycles. The van der Waals surface area contributed by atoms with Gasteiger partial charge in [-0.1, -0.05) is 0 Å². The van der Waals surface area contributed by atoms with Crippen LogP contribution >= 0.6 is 0 Å². The highest BCUT2D eigenvalue weighted by Gasteiger charge is 2.25. The maximum Gasteiger partial charge on any atom is 0.311 e. The maximum absolute atomic E-state index is 10.6. The summed E-state index contributed by atoms with van der Waals surface area (Å²) in [5.74, 6) is 0.605. The van der Waals surface area contributed by atoms with E-state index < -0.39 is 5.97 Å². The summed E-state index contributed by atoms with van der Waals surface area (Å²) in [7, 11) is 0. The van der Waals surface area contributed by atoms with Crippen molar-refractivity contribution in [3.63, 3.8) is 0 Å². The summed E-state index contributed by atoms with van der Waals surface area (Å²) in [6.07, 6.45) is 3.52. The van der Waals surface area contributed by atoms with Crippen LogP contribution in [0.1, 0.15) is 44.3 Å². The van der Waals surface area contributed by atoms with Gasteiger partial charge in [0.1, 0.15) is 12.2 Å². The Morgan fingerprint density at radius 3 is 2.78 bits per heavy atom. The largest absolute Gasteiger partial charge is 0.481 e. The number of likely N-dealkylation sites (tertiary alicyclic amines) is 1. The van der Waals surface area contributed by atoms with Crippen molar-refractivity contribution >= 4 is 5.97 Å². The summed E-state index contributed by atoms with van der Waals surface area (Å²) in [5, 5.41) is 8.69. The van der Waals surface area contributed by atoms with Crippen LogP contribution in [0.15, 0.2) is 10.6 Å². The first kappa shape index (κ1) is 13.1. The number of piperidine rings is 1. The van der Waals surface area contributed by atoms with Gasteiger partial charge in [-0.2, -0.15) is 0 Å². The molecule has 5 nitrogen and oxygen atoms in total. The van der Waals surface area contributed by atoms with Gasteiger partial charge < -0.3 is 14.4 Å². The molecule has 18 heavy (non-hydrogen) atoms. The molecule has 1 aromatic rings. The number of rotatable bonds is 4. The predicted molar refractivity (Wildman–Crippen MR) is 66.5 cm³/mol. The lowest BCUT2D eigenvalue weighted by Crippen LogP contribution is -2.37. The second-order valence-electron chi connectivity index (χ2n) is 5.14. The van der Waals surface area contributed by atoms with E-state index in [9.17, 15) is 4.79 Å². The summed E-state index contributed by atoms with van der Waals surface area (Å²) >= 11 is 0. The lowest BCUT2D eigenvalue weighted by Gasteiger charge is -2.33. The van der Waals surface area contributed by atoms with Gasteiger partial charge in [0.05, 0.1) is 6.20 Å². The van der Waals surface area contributed by atoms with Gasteiger partial charge >= 0.3 is 5.97 Å². The first-order valence-corrected chi connectivity index (χ1v) is 6.46. The smallest absolute Gasteiger partial charge is 0.311 e. The van der Waals surface area contributed by atoms with E-state index in [1.165, 1.54) is 6.20 Å². The Morgan fingerprint density at radius 2 is 2.22 bits per heavy atom. The summed E-state index contributed by atoms with van der Waals surface area (Å²) in [6, 6.07) is 0.582. The third kappa shape index (κ3) is 3.10. The number of carboxylic acid groups (broad SMARTS) is 1. The second-order valence-corrected chi connectivity index (χ2v) is 5.14. The predicted octanol–water partition coefficient (Wildman–Crippen LogP) is 1.89. The molecule has 0 amide bonds. The Morgan fingerprint density at radius 1 is 1.56 bits per heavy atom. The molecule has 0 aliphatic carbocycles. The number of hydrogen-bond donors (Lipinski definition) is 1. The van der Waals surface area contributed by atoms with Crippen molar-refractivity contribution in [2.24, 2.45) is 0 Å². The zero-order chi connectivity index (χ0) is 13.1. The molecule has 0 unspecified atom stereocenters. The molecule has 0 atom stereocenters. The van der Waals surface area contributed by atoms with E-state index in [-0.39, 0.29) is 6.42 Å². The minimum absolute atomic E-state index is 0.0855. The van der Waals surface area contributed by atoms with Crippen LogP contribution in [-0.4, -0.2) is 40.1 Å². The van der Waals surface area contributed by atoms with Crippen LogP contribution in [0, 0.1) is 0 Å². The number of hydrogen-bond acceptors (Lipinski definition) is 4. The van der Waals surface area contributed by atoms with Gasteiger partial charge in [0.15, 0.2) is 5.89 Å². The fourth-order valence-corrected chi connectivity index (χ4v) is 2.40. The van der Waals surface area contributed by atoms with Crippen LogP contribution in [0.4, 0.5) is 0 Å². The molecule has 1 aliphatic heterocycles. The van der Waals surface area contributed by atoms with E-state index in [4.69, 9.17) is 9.52 Å². The lowest BCUT2D eigenvalue weighted by molar-refractivity contribution is -0.136. The molecule has 0 saturated carbocycles. The number of carboxylic acids is 1. The average Bonchev–Trinajstić information content (AvgIpc) is 2.76. The summed E-state index contributed by atoms with van der Waals surface area (Å²) in [4.78, 5) is 17.2. The van der Waals surface area contributed by atoms with Crippen molar-refractivity contribution in [1.82, 2.24) is 9.88 Å². The minimum atomic E-state index is -0.882. The number of aliphatic carboxylic acids is 1. The van der Waals surface area contributed by atoms with Gasteiger partial charge in [-0.15, -0.1) is 0 Å². The van der Waals surface area contributed by atoms with E-state index in [2.05, 4.69) is 23.7 Å². The van der Waals surface area contributed by atoms with Gasteiger partial charge in [-0.25, -0.2) is 4.98 Å². The molecule has 0 radical (unpaired) electrons. The number of aromatic nitrogens is 1. The molecular formula is C13H20N2O3. The van der Waals surface area contributed by atoms with Gasteiger partial charge in [-0.05, 0) is 39.8 Å². The topological polar surface area (TPSA) is 66.6 Å². The number of oxazole rings is 1. The fourth-order valence-electron chi connectivity index (χ4n) is 2.40. The SMILES string of the molecule is CC(C)N1CCC(c2ncc(CC(=O)O)o2)CC1. The highest BCUT2D eigenvalue weighted by Crippen LogP contribution is 2.28. The lowest BCUT2D eigenvalue weighted by atomic mass is 9.96. The Kier molecular flexibility index (Phi) is 4.01. The first-order chi connectivity index (χ1) is 8.56. The molecule has 0 aromatic carbocycles. The van der Waals surface area contributed by atoms with Crippen LogP contribution < -0.4 is 0 Å². The van der Waals surface area contributed by atoms with Gasteiger partial charge in [0.25, 0.3) is 0 Å². The maximum atomic E-state index is 10.6. The van der Waals surface area contributed by atoms with Crippen molar-refractivity contribution in [1.29, 1.82) is 0 Å². The Hall–Kier alpha value is -1.36. The van der Waals surface area contributed by atoms with Crippen LogP contribution in [-0.2, 0) is 11.2 Å². The van der Waals surface area contributed by atoms with Crippen LogP contribution in [0.5, 0.6) is 0 Å².